The Kier molecular flexibility index (Phi) is 4.88. The lowest BCUT2D eigenvalue weighted by Gasteiger charge is -2.07. The summed E-state index contributed by atoms with van der Waals surface area (Å²) in [6.45, 7) is 2.43. The van der Waals surface area contributed by atoms with Crippen LogP contribution in [0.2, 0.25) is 5.02 Å². The number of carbonyl (C=O) groups is 1. The average Bonchev–Trinajstić information content (AvgIpc) is 2.99. The molecule has 0 spiro atoms. The molecular weight excluding hydrogens is 379 g/mol. The van der Waals surface area contributed by atoms with Crippen molar-refractivity contribution in [1.29, 1.82) is 0 Å². The first-order valence-corrected chi connectivity index (χ1v) is 9.10. The van der Waals surface area contributed by atoms with Gasteiger partial charge in [-0.2, -0.15) is 0 Å². The summed E-state index contributed by atoms with van der Waals surface area (Å²) in [7, 11) is 0. The fraction of sp³-hybridized carbons (Fsp3) is 0.0870. The Morgan fingerprint density at radius 3 is 2.64 bits per heavy atom. The van der Waals surface area contributed by atoms with Crippen LogP contribution in [-0.2, 0) is 6.61 Å². The largest absolute Gasteiger partial charge is 0.489 e. The van der Waals surface area contributed by atoms with Gasteiger partial charge in [-0.05, 0) is 42.8 Å². The molecule has 0 saturated heterocycles. The van der Waals surface area contributed by atoms with Gasteiger partial charge >= 0.3 is 0 Å². The first-order valence-electron chi connectivity index (χ1n) is 8.72. The molecular formula is C23H16ClFO3. The molecule has 0 radical (unpaired) electrons. The van der Waals surface area contributed by atoms with Crippen molar-refractivity contribution in [3.63, 3.8) is 0 Å². The molecule has 3 nitrogen and oxygen atoms in total. The van der Waals surface area contributed by atoms with E-state index in [9.17, 15) is 9.18 Å². The van der Waals surface area contributed by atoms with E-state index in [2.05, 4.69) is 0 Å². The summed E-state index contributed by atoms with van der Waals surface area (Å²) in [5, 5.41) is 0.210. The van der Waals surface area contributed by atoms with Crippen LogP contribution in [-0.4, -0.2) is 5.78 Å². The van der Waals surface area contributed by atoms with Gasteiger partial charge in [0.05, 0.1) is 10.6 Å². The predicted molar refractivity (Wildman–Crippen MR) is 106 cm³/mol. The number of ketones is 1. The molecule has 3 aromatic carbocycles. The van der Waals surface area contributed by atoms with E-state index in [1.165, 1.54) is 23.8 Å². The van der Waals surface area contributed by atoms with Crippen LogP contribution in [0.4, 0.5) is 4.39 Å². The average molecular weight is 395 g/mol. The minimum absolute atomic E-state index is 0.0256. The van der Waals surface area contributed by atoms with Gasteiger partial charge in [-0.15, -0.1) is 0 Å². The number of ether oxygens (including phenoxy) is 2. The zero-order valence-electron chi connectivity index (χ0n) is 15.0. The number of hydrogen-bond donors (Lipinski definition) is 0. The molecule has 1 aliphatic rings. The molecule has 5 heteroatoms. The van der Waals surface area contributed by atoms with Crippen LogP contribution in [0.15, 0.2) is 66.4 Å². The quantitative estimate of drug-likeness (QED) is 0.510. The van der Waals surface area contributed by atoms with E-state index >= 15 is 0 Å². The molecule has 0 aliphatic carbocycles. The lowest BCUT2D eigenvalue weighted by Crippen LogP contribution is -1.99. The number of fused-ring (bicyclic) bond motifs is 1. The van der Waals surface area contributed by atoms with Gasteiger partial charge in [0, 0.05) is 11.6 Å². The Morgan fingerprint density at radius 1 is 1.11 bits per heavy atom. The smallest absolute Gasteiger partial charge is 0.231 e. The molecule has 0 saturated carbocycles. The summed E-state index contributed by atoms with van der Waals surface area (Å²) in [4.78, 5) is 12.5. The second-order valence-electron chi connectivity index (χ2n) is 6.51. The van der Waals surface area contributed by atoms with Crippen LogP contribution in [0.1, 0.15) is 27.0 Å². The molecule has 4 rings (SSSR count). The van der Waals surface area contributed by atoms with E-state index in [0.29, 0.717) is 23.7 Å². The van der Waals surface area contributed by atoms with Crippen molar-refractivity contribution in [1.82, 2.24) is 0 Å². The highest BCUT2D eigenvalue weighted by Gasteiger charge is 2.28. The van der Waals surface area contributed by atoms with E-state index in [1.807, 2.05) is 31.2 Å². The molecule has 0 unspecified atom stereocenters. The Hall–Kier alpha value is -3.11. The minimum Gasteiger partial charge on any atom is -0.489 e. The van der Waals surface area contributed by atoms with Crippen molar-refractivity contribution in [2.75, 3.05) is 0 Å². The summed E-state index contributed by atoms with van der Waals surface area (Å²) >= 11 is 6.03. The van der Waals surface area contributed by atoms with Crippen LogP contribution in [0.3, 0.4) is 0 Å². The van der Waals surface area contributed by atoms with Gasteiger partial charge < -0.3 is 9.47 Å². The zero-order valence-corrected chi connectivity index (χ0v) is 15.8. The van der Waals surface area contributed by atoms with Crippen molar-refractivity contribution in [3.8, 4) is 11.5 Å². The molecule has 0 fully saturated rings. The van der Waals surface area contributed by atoms with Crippen molar-refractivity contribution < 1.29 is 18.7 Å². The number of halogens is 2. The first-order chi connectivity index (χ1) is 13.5. The third-order valence-corrected chi connectivity index (χ3v) is 4.77. The van der Waals surface area contributed by atoms with E-state index in [0.717, 1.165) is 5.56 Å². The highest BCUT2D eigenvalue weighted by Crippen LogP contribution is 2.36. The molecule has 0 aromatic heterocycles. The summed E-state index contributed by atoms with van der Waals surface area (Å²) in [6.07, 6.45) is 1.33. The van der Waals surface area contributed by atoms with E-state index in [4.69, 9.17) is 21.1 Å². The second-order valence-corrected chi connectivity index (χ2v) is 6.91. The van der Waals surface area contributed by atoms with Crippen LogP contribution >= 0.6 is 11.6 Å². The first kappa shape index (κ1) is 18.3. The van der Waals surface area contributed by atoms with Crippen molar-refractivity contribution in [2.24, 2.45) is 0 Å². The minimum atomic E-state index is -0.519. The number of allylic oxidation sites excluding steroid dienone is 1. The third-order valence-electron chi connectivity index (χ3n) is 4.44. The molecule has 0 amide bonds. The number of rotatable bonds is 4. The van der Waals surface area contributed by atoms with Gasteiger partial charge in [-0.1, -0.05) is 47.5 Å². The topological polar surface area (TPSA) is 35.5 Å². The number of aryl methyl sites for hydroxylation is 1. The maximum absolute atomic E-state index is 14.0. The summed E-state index contributed by atoms with van der Waals surface area (Å²) in [6, 6.07) is 17.4. The van der Waals surface area contributed by atoms with Gasteiger partial charge in [-0.25, -0.2) is 4.39 Å². The summed E-state index contributed by atoms with van der Waals surface area (Å²) in [5.41, 5.74) is 2.75. The normalized spacial score (nSPS) is 14.1. The van der Waals surface area contributed by atoms with Crippen molar-refractivity contribution in [2.45, 2.75) is 13.5 Å². The molecule has 28 heavy (non-hydrogen) atoms. The van der Waals surface area contributed by atoms with Gasteiger partial charge in [0.15, 0.2) is 5.76 Å². The number of Topliss-reactive ketones (excluding diaryl/α,β-unsaturated/α-hetero) is 1. The maximum atomic E-state index is 14.0. The molecule has 3 aromatic rings. The Labute approximate surface area is 167 Å². The van der Waals surface area contributed by atoms with Crippen molar-refractivity contribution in [3.05, 3.63) is 99.5 Å². The monoisotopic (exact) mass is 394 g/mol. The molecule has 0 atom stereocenters. The van der Waals surface area contributed by atoms with Gasteiger partial charge in [0.25, 0.3) is 0 Å². The van der Waals surface area contributed by atoms with E-state index < -0.39 is 5.82 Å². The van der Waals surface area contributed by atoms with E-state index in [-0.39, 0.29) is 22.1 Å². The lowest BCUT2D eigenvalue weighted by molar-refractivity contribution is 0.101. The van der Waals surface area contributed by atoms with E-state index in [1.54, 1.807) is 24.3 Å². The maximum Gasteiger partial charge on any atom is 0.231 e. The third kappa shape index (κ3) is 3.64. The molecule has 1 aliphatic heterocycles. The number of carbonyl (C=O) groups excluding carboxylic acids is 1. The molecule has 0 N–H and O–H groups in total. The highest BCUT2D eigenvalue weighted by atomic mass is 35.5. The van der Waals surface area contributed by atoms with Crippen LogP contribution in [0, 0.1) is 12.7 Å². The Morgan fingerprint density at radius 2 is 1.89 bits per heavy atom. The zero-order chi connectivity index (χ0) is 19.7. The second kappa shape index (κ2) is 7.49. The molecule has 140 valence electrons. The van der Waals surface area contributed by atoms with Gasteiger partial charge in [-0.3, -0.25) is 4.79 Å². The SMILES string of the molecule is Cc1ccc(COc2ccc3c(c2)O/C(=C\c2c(F)cccc2Cl)C3=O)cc1. The Bertz CT molecular complexity index is 1070. The number of benzene rings is 3. The van der Waals surface area contributed by atoms with Crippen LogP contribution in [0.5, 0.6) is 11.5 Å². The molecule has 1 heterocycles. The van der Waals surface area contributed by atoms with Gasteiger partial charge in [0.1, 0.15) is 23.9 Å². The number of hydrogen-bond acceptors (Lipinski definition) is 3. The van der Waals surface area contributed by atoms with Gasteiger partial charge in [0.2, 0.25) is 5.78 Å². The molecule has 0 bridgehead atoms. The summed E-state index contributed by atoms with van der Waals surface area (Å²) < 4.78 is 25.4. The lowest BCUT2D eigenvalue weighted by atomic mass is 10.1. The highest BCUT2D eigenvalue weighted by molar-refractivity contribution is 6.32. The Balaban J connectivity index is 1.54. The van der Waals surface area contributed by atoms with Crippen molar-refractivity contribution >= 4 is 23.5 Å². The van der Waals surface area contributed by atoms with Crippen LogP contribution in [0.25, 0.3) is 6.08 Å². The summed E-state index contributed by atoms with van der Waals surface area (Å²) in [5.74, 6) is 0.147. The standard InChI is InChI=1S/C23H16ClFO3/c1-14-5-7-15(8-6-14)13-27-16-9-10-17-21(11-16)28-22(23(17)26)12-18-19(24)3-2-4-20(18)25/h2-12H,13H2,1H3/b22-12-. The fourth-order valence-electron chi connectivity index (χ4n) is 2.89. The van der Waals surface area contributed by atoms with Crippen LogP contribution < -0.4 is 9.47 Å². The fourth-order valence-corrected chi connectivity index (χ4v) is 3.11. The predicted octanol–water partition coefficient (Wildman–Crippen LogP) is 5.98.